The average Bonchev–Trinajstić information content (AvgIpc) is 3.37. The second-order valence-corrected chi connectivity index (χ2v) is 7.21. The van der Waals surface area contributed by atoms with Gasteiger partial charge in [-0.2, -0.15) is 4.98 Å². The number of thiophene rings is 1. The van der Waals surface area contributed by atoms with E-state index in [0.717, 1.165) is 16.0 Å². The van der Waals surface area contributed by atoms with Crippen LogP contribution in [0.15, 0.2) is 71.3 Å². The van der Waals surface area contributed by atoms with Crippen LogP contribution >= 0.6 is 11.3 Å². The minimum atomic E-state index is -0.112. The fourth-order valence-corrected chi connectivity index (χ4v) is 3.43. The molecule has 1 amide bonds. The molecule has 0 saturated heterocycles. The van der Waals surface area contributed by atoms with Crippen LogP contribution in [0.2, 0.25) is 0 Å². The van der Waals surface area contributed by atoms with Crippen molar-refractivity contribution in [1.29, 1.82) is 0 Å². The fourth-order valence-electron chi connectivity index (χ4n) is 2.58. The van der Waals surface area contributed by atoms with Crippen molar-refractivity contribution in [1.82, 2.24) is 15.5 Å². The maximum atomic E-state index is 12.4. The molecule has 0 aliphatic rings. The van der Waals surface area contributed by atoms with Gasteiger partial charge in [0.05, 0.1) is 9.75 Å². The highest BCUT2D eigenvalue weighted by Crippen LogP contribution is 2.28. The molecular weight excluding hydrogens is 358 g/mol. The Morgan fingerprint density at radius 1 is 1.04 bits per heavy atom. The van der Waals surface area contributed by atoms with Crippen molar-refractivity contribution in [2.75, 3.05) is 0 Å². The SMILES string of the molecule is Cc1ccc(CNC(=O)c2ccc(-c3noc(-c4ccccc4)n3)s2)cc1. The van der Waals surface area contributed by atoms with Crippen molar-refractivity contribution in [3.8, 4) is 22.2 Å². The Bertz CT molecular complexity index is 1050. The topological polar surface area (TPSA) is 68.0 Å². The highest BCUT2D eigenvalue weighted by molar-refractivity contribution is 7.17. The lowest BCUT2D eigenvalue weighted by molar-refractivity contribution is 0.0955. The molecule has 0 radical (unpaired) electrons. The first kappa shape index (κ1) is 17.2. The Morgan fingerprint density at radius 2 is 1.81 bits per heavy atom. The summed E-state index contributed by atoms with van der Waals surface area (Å²) >= 11 is 1.34. The van der Waals surface area contributed by atoms with Crippen LogP contribution in [0.5, 0.6) is 0 Å². The highest BCUT2D eigenvalue weighted by atomic mass is 32.1. The van der Waals surface area contributed by atoms with E-state index in [-0.39, 0.29) is 5.91 Å². The number of amides is 1. The molecule has 6 heteroatoms. The van der Waals surface area contributed by atoms with Crippen molar-refractivity contribution in [3.05, 3.63) is 82.7 Å². The lowest BCUT2D eigenvalue weighted by Gasteiger charge is -2.04. The fraction of sp³-hybridized carbons (Fsp3) is 0.0952. The number of benzene rings is 2. The van der Waals surface area contributed by atoms with Gasteiger partial charge in [-0.25, -0.2) is 0 Å². The summed E-state index contributed by atoms with van der Waals surface area (Å²) < 4.78 is 5.33. The number of rotatable bonds is 5. The molecule has 0 spiro atoms. The summed E-state index contributed by atoms with van der Waals surface area (Å²) in [6.07, 6.45) is 0. The zero-order valence-electron chi connectivity index (χ0n) is 14.7. The normalized spacial score (nSPS) is 10.7. The maximum Gasteiger partial charge on any atom is 0.261 e. The molecule has 1 N–H and O–H groups in total. The van der Waals surface area contributed by atoms with Gasteiger partial charge in [0.25, 0.3) is 11.8 Å². The molecule has 5 nitrogen and oxygen atoms in total. The summed E-state index contributed by atoms with van der Waals surface area (Å²) in [6, 6.07) is 21.3. The van der Waals surface area contributed by atoms with E-state index in [1.807, 2.05) is 67.6 Å². The highest BCUT2D eigenvalue weighted by Gasteiger charge is 2.15. The number of nitrogens with one attached hydrogen (secondary N) is 1. The molecule has 0 unspecified atom stereocenters. The maximum absolute atomic E-state index is 12.4. The van der Waals surface area contributed by atoms with Gasteiger partial charge < -0.3 is 9.84 Å². The van der Waals surface area contributed by atoms with Gasteiger partial charge >= 0.3 is 0 Å². The van der Waals surface area contributed by atoms with E-state index in [9.17, 15) is 4.79 Å². The second-order valence-electron chi connectivity index (χ2n) is 6.12. The molecule has 0 aliphatic heterocycles. The molecular formula is C21H17N3O2S. The van der Waals surface area contributed by atoms with E-state index in [1.54, 1.807) is 6.07 Å². The van der Waals surface area contributed by atoms with E-state index in [0.29, 0.717) is 23.1 Å². The lowest BCUT2D eigenvalue weighted by Crippen LogP contribution is -2.21. The number of hydrogen-bond donors (Lipinski definition) is 1. The van der Waals surface area contributed by atoms with Crippen LogP contribution < -0.4 is 5.32 Å². The Balaban J connectivity index is 1.44. The monoisotopic (exact) mass is 375 g/mol. The largest absolute Gasteiger partial charge is 0.347 e. The predicted molar refractivity (Wildman–Crippen MR) is 105 cm³/mol. The van der Waals surface area contributed by atoms with Gasteiger partial charge in [0, 0.05) is 12.1 Å². The molecule has 0 bridgehead atoms. The Morgan fingerprint density at radius 3 is 2.59 bits per heavy atom. The Labute approximate surface area is 160 Å². The quantitative estimate of drug-likeness (QED) is 0.549. The van der Waals surface area contributed by atoms with Crippen LogP contribution in [0, 0.1) is 6.92 Å². The molecule has 4 aromatic rings. The summed E-state index contributed by atoms with van der Waals surface area (Å²) in [7, 11) is 0. The van der Waals surface area contributed by atoms with E-state index < -0.39 is 0 Å². The molecule has 0 aliphatic carbocycles. The molecule has 0 fully saturated rings. The van der Waals surface area contributed by atoms with Gasteiger partial charge in [-0.3, -0.25) is 4.79 Å². The Hall–Kier alpha value is -3.25. The third kappa shape index (κ3) is 3.96. The van der Waals surface area contributed by atoms with Gasteiger partial charge in [0.2, 0.25) is 5.82 Å². The van der Waals surface area contributed by atoms with Crippen LogP contribution in [-0.4, -0.2) is 16.0 Å². The molecule has 0 saturated carbocycles. The summed E-state index contributed by atoms with van der Waals surface area (Å²) in [5.41, 5.74) is 3.13. The average molecular weight is 375 g/mol. The van der Waals surface area contributed by atoms with Gasteiger partial charge in [-0.1, -0.05) is 53.2 Å². The predicted octanol–water partition coefficient (Wildman–Crippen LogP) is 4.70. The van der Waals surface area contributed by atoms with E-state index in [2.05, 4.69) is 15.5 Å². The van der Waals surface area contributed by atoms with E-state index in [4.69, 9.17) is 4.52 Å². The second kappa shape index (κ2) is 7.55. The van der Waals surface area contributed by atoms with Gasteiger partial charge in [0.1, 0.15) is 0 Å². The molecule has 0 atom stereocenters. The number of hydrogen-bond acceptors (Lipinski definition) is 5. The lowest BCUT2D eigenvalue weighted by atomic mass is 10.1. The van der Waals surface area contributed by atoms with Crippen molar-refractivity contribution in [3.63, 3.8) is 0 Å². The van der Waals surface area contributed by atoms with Crippen molar-refractivity contribution >= 4 is 17.2 Å². The van der Waals surface area contributed by atoms with Gasteiger partial charge in [0.15, 0.2) is 0 Å². The van der Waals surface area contributed by atoms with Gasteiger partial charge in [-0.05, 0) is 36.8 Å². The molecule has 2 aromatic carbocycles. The minimum Gasteiger partial charge on any atom is -0.347 e. The van der Waals surface area contributed by atoms with Crippen molar-refractivity contribution in [2.24, 2.45) is 0 Å². The third-order valence-electron chi connectivity index (χ3n) is 4.07. The molecule has 2 aromatic heterocycles. The van der Waals surface area contributed by atoms with Crippen LogP contribution in [0.4, 0.5) is 0 Å². The van der Waals surface area contributed by atoms with Crippen LogP contribution in [0.1, 0.15) is 20.8 Å². The number of aryl methyl sites for hydroxylation is 1. The van der Waals surface area contributed by atoms with Crippen LogP contribution in [0.3, 0.4) is 0 Å². The summed E-state index contributed by atoms with van der Waals surface area (Å²) in [6.45, 7) is 2.53. The van der Waals surface area contributed by atoms with E-state index in [1.165, 1.54) is 16.9 Å². The van der Waals surface area contributed by atoms with Crippen LogP contribution in [-0.2, 0) is 6.54 Å². The van der Waals surface area contributed by atoms with E-state index >= 15 is 0 Å². The van der Waals surface area contributed by atoms with Crippen molar-refractivity contribution in [2.45, 2.75) is 13.5 Å². The van der Waals surface area contributed by atoms with Gasteiger partial charge in [-0.15, -0.1) is 11.3 Å². The van der Waals surface area contributed by atoms with Crippen molar-refractivity contribution < 1.29 is 9.32 Å². The summed E-state index contributed by atoms with van der Waals surface area (Å²) in [5.74, 6) is 0.833. The zero-order valence-corrected chi connectivity index (χ0v) is 15.5. The summed E-state index contributed by atoms with van der Waals surface area (Å²) in [5, 5.41) is 6.97. The first-order valence-electron chi connectivity index (χ1n) is 8.52. The minimum absolute atomic E-state index is 0.112. The molecule has 27 heavy (non-hydrogen) atoms. The number of nitrogens with zero attached hydrogens (tertiary/aromatic N) is 2. The standard InChI is InChI=1S/C21H17N3O2S/c1-14-7-9-15(10-8-14)13-22-20(25)18-12-11-17(27-18)19-23-21(26-24-19)16-5-3-2-4-6-16/h2-12H,13H2,1H3,(H,22,25). The first-order chi connectivity index (χ1) is 13.2. The number of carbonyl (C=O) groups is 1. The summed E-state index contributed by atoms with van der Waals surface area (Å²) in [4.78, 5) is 18.2. The Kier molecular flexibility index (Phi) is 4.80. The molecule has 2 heterocycles. The molecule has 4 rings (SSSR count). The number of aromatic nitrogens is 2. The number of carbonyl (C=O) groups excluding carboxylic acids is 1. The molecule has 134 valence electrons. The first-order valence-corrected chi connectivity index (χ1v) is 9.34. The van der Waals surface area contributed by atoms with Crippen LogP contribution in [0.25, 0.3) is 22.2 Å². The zero-order chi connectivity index (χ0) is 18.6. The third-order valence-corrected chi connectivity index (χ3v) is 5.15. The smallest absolute Gasteiger partial charge is 0.261 e.